The maximum atomic E-state index is 4.38. The molecule has 2 heterocycles. The van der Waals surface area contributed by atoms with Crippen LogP contribution in [0.1, 0.15) is 38.6 Å². The normalized spacial score (nSPS) is 10.9. The van der Waals surface area contributed by atoms with Gasteiger partial charge in [0.05, 0.1) is 11.4 Å². The summed E-state index contributed by atoms with van der Waals surface area (Å²) in [6.45, 7) is 10.2. The Bertz CT molecular complexity index is 518. The van der Waals surface area contributed by atoms with E-state index in [-0.39, 0.29) is 12.4 Å². The van der Waals surface area contributed by atoms with E-state index in [2.05, 4.69) is 57.8 Å². The average Bonchev–Trinajstić information content (AvgIpc) is 3.00. The van der Waals surface area contributed by atoms with Crippen molar-refractivity contribution in [1.29, 1.82) is 0 Å². The molecule has 0 saturated heterocycles. The summed E-state index contributed by atoms with van der Waals surface area (Å²) in [7, 11) is 0. The first-order valence-corrected chi connectivity index (χ1v) is 7.42. The van der Waals surface area contributed by atoms with E-state index < -0.39 is 0 Å². The largest absolute Gasteiger partial charge is 0.306 e. The fraction of sp³-hybridized carbons (Fsp3) is 0.600. The number of nitrogens with zero attached hydrogens (tertiary/aromatic N) is 4. The molecule has 0 aliphatic heterocycles. The molecular weight excluding hydrogens is 286 g/mol. The first-order chi connectivity index (χ1) is 9.70. The van der Waals surface area contributed by atoms with Gasteiger partial charge in [0, 0.05) is 38.6 Å². The summed E-state index contributed by atoms with van der Waals surface area (Å²) in [6, 6.07) is 4.16. The maximum Gasteiger partial charge on any atom is 0.0522 e. The van der Waals surface area contributed by atoms with E-state index in [9.17, 15) is 0 Å². The summed E-state index contributed by atoms with van der Waals surface area (Å²) >= 11 is 0. The van der Waals surface area contributed by atoms with E-state index in [1.807, 2.05) is 12.4 Å². The monoisotopic (exact) mass is 311 g/mol. The number of nitrogens with one attached hydrogen (secondary N) is 1. The fourth-order valence-electron chi connectivity index (χ4n) is 2.26. The SMILES string of the molecule is CCCn1nccc1CNCc1ccnn1CC(C)C.Cl. The Morgan fingerprint density at radius 2 is 1.62 bits per heavy atom. The molecule has 0 amide bonds. The summed E-state index contributed by atoms with van der Waals surface area (Å²) < 4.78 is 4.15. The molecule has 0 bridgehead atoms. The minimum absolute atomic E-state index is 0. The molecule has 0 aliphatic rings. The predicted octanol–water partition coefficient (Wildman–Crippen LogP) is 2.86. The lowest BCUT2D eigenvalue weighted by Gasteiger charge is -2.11. The van der Waals surface area contributed by atoms with Crippen molar-refractivity contribution < 1.29 is 0 Å². The van der Waals surface area contributed by atoms with Crippen molar-refractivity contribution in [3.8, 4) is 0 Å². The molecule has 0 spiro atoms. The van der Waals surface area contributed by atoms with Gasteiger partial charge in [-0.1, -0.05) is 20.8 Å². The van der Waals surface area contributed by atoms with Crippen LogP contribution in [0.25, 0.3) is 0 Å². The maximum absolute atomic E-state index is 4.38. The van der Waals surface area contributed by atoms with Gasteiger partial charge in [-0.3, -0.25) is 9.36 Å². The van der Waals surface area contributed by atoms with Crippen LogP contribution in [-0.2, 0) is 26.2 Å². The molecule has 0 aliphatic carbocycles. The molecule has 2 aromatic rings. The fourth-order valence-corrected chi connectivity index (χ4v) is 2.26. The lowest BCUT2D eigenvalue weighted by Crippen LogP contribution is -2.19. The third-order valence-electron chi connectivity index (χ3n) is 3.19. The second kappa shape index (κ2) is 8.85. The topological polar surface area (TPSA) is 47.7 Å². The van der Waals surface area contributed by atoms with Gasteiger partial charge >= 0.3 is 0 Å². The zero-order valence-electron chi connectivity index (χ0n) is 13.1. The van der Waals surface area contributed by atoms with Crippen LogP contribution in [0.5, 0.6) is 0 Å². The van der Waals surface area contributed by atoms with Gasteiger partial charge in [0.15, 0.2) is 0 Å². The Kier molecular flexibility index (Phi) is 7.47. The minimum atomic E-state index is 0. The number of rotatable bonds is 8. The number of hydrogen-bond donors (Lipinski definition) is 1. The van der Waals surface area contributed by atoms with Crippen LogP contribution >= 0.6 is 12.4 Å². The Hall–Kier alpha value is -1.33. The van der Waals surface area contributed by atoms with E-state index in [4.69, 9.17) is 0 Å². The van der Waals surface area contributed by atoms with Crippen molar-refractivity contribution in [2.24, 2.45) is 5.92 Å². The molecule has 118 valence electrons. The molecule has 0 fully saturated rings. The first kappa shape index (κ1) is 17.7. The van der Waals surface area contributed by atoms with Crippen LogP contribution < -0.4 is 5.32 Å². The molecule has 1 N–H and O–H groups in total. The van der Waals surface area contributed by atoms with Gasteiger partial charge in [-0.2, -0.15) is 10.2 Å². The summed E-state index contributed by atoms with van der Waals surface area (Å²) in [5.74, 6) is 0.611. The number of halogens is 1. The zero-order chi connectivity index (χ0) is 14.4. The smallest absolute Gasteiger partial charge is 0.0522 e. The Morgan fingerprint density at radius 3 is 2.19 bits per heavy atom. The second-order valence-corrected chi connectivity index (χ2v) is 5.55. The highest BCUT2D eigenvalue weighted by atomic mass is 35.5. The Balaban J connectivity index is 0.00000220. The minimum Gasteiger partial charge on any atom is -0.306 e. The second-order valence-electron chi connectivity index (χ2n) is 5.55. The molecule has 21 heavy (non-hydrogen) atoms. The Labute approximate surface area is 133 Å². The summed E-state index contributed by atoms with van der Waals surface area (Å²) in [5, 5.41) is 12.2. The van der Waals surface area contributed by atoms with E-state index >= 15 is 0 Å². The highest BCUT2D eigenvalue weighted by molar-refractivity contribution is 5.85. The van der Waals surface area contributed by atoms with E-state index in [0.717, 1.165) is 32.6 Å². The van der Waals surface area contributed by atoms with Crippen molar-refractivity contribution in [2.45, 2.75) is 53.4 Å². The van der Waals surface area contributed by atoms with Crippen molar-refractivity contribution >= 4 is 12.4 Å². The van der Waals surface area contributed by atoms with E-state index in [1.165, 1.54) is 11.4 Å². The molecule has 2 aromatic heterocycles. The predicted molar refractivity (Wildman–Crippen MR) is 87.4 cm³/mol. The molecule has 0 aromatic carbocycles. The van der Waals surface area contributed by atoms with Crippen LogP contribution in [0.15, 0.2) is 24.5 Å². The van der Waals surface area contributed by atoms with Gasteiger partial charge in [0.2, 0.25) is 0 Å². The van der Waals surface area contributed by atoms with Crippen molar-refractivity contribution in [3.63, 3.8) is 0 Å². The third kappa shape index (κ3) is 5.17. The van der Waals surface area contributed by atoms with Crippen molar-refractivity contribution in [1.82, 2.24) is 24.9 Å². The van der Waals surface area contributed by atoms with Gasteiger partial charge in [-0.05, 0) is 24.5 Å². The van der Waals surface area contributed by atoms with Crippen LogP contribution in [0.3, 0.4) is 0 Å². The van der Waals surface area contributed by atoms with Gasteiger partial charge in [0.1, 0.15) is 0 Å². The number of aromatic nitrogens is 4. The van der Waals surface area contributed by atoms with Gasteiger partial charge in [0.25, 0.3) is 0 Å². The van der Waals surface area contributed by atoms with Crippen LogP contribution in [-0.4, -0.2) is 19.6 Å². The summed E-state index contributed by atoms with van der Waals surface area (Å²) in [6.07, 6.45) is 4.85. The number of aryl methyl sites for hydroxylation is 1. The quantitative estimate of drug-likeness (QED) is 0.815. The van der Waals surface area contributed by atoms with Crippen LogP contribution in [0, 0.1) is 5.92 Å². The van der Waals surface area contributed by atoms with Crippen LogP contribution in [0.4, 0.5) is 0 Å². The summed E-state index contributed by atoms with van der Waals surface area (Å²) in [4.78, 5) is 0. The highest BCUT2D eigenvalue weighted by Crippen LogP contribution is 2.05. The molecular formula is C15H26ClN5. The third-order valence-corrected chi connectivity index (χ3v) is 3.19. The van der Waals surface area contributed by atoms with Gasteiger partial charge in [-0.25, -0.2) is 0 Å². The van der Waals surface area contributed by atoms with Crippen LogP contribution in [0.2, 0.25) is 0 Å². The molecule has 0 saturated carbocycles. The molecule has 2 rings (SSSR count). The molecule has 0 radical (unpaired) electrons. The van der Waals surface area contributed by atoms with Crippen molar-refractivity contribution in [3.05, 3.63) is 35.9 Å². The zero-order valence-corrected chi connectivity index (χ0v) is 13.9. The lowest BCUT2D eigenvalue weighted by atomic mass is 10.2. The van der Waals surface area contributed by atoms with Gasteiger partial charge < -0.3 is 5.32 Å². The van der Waals surface area contributed by atoms with E-state index in [1.54, 1.807) is 0 Å². The highest BCUT2D eigenvalue weighted by Gasteiger charge is 2.05. The molecule has 0 unspecified atom stereocenters. The lowest BCUT2D eigenvalue weighted by molar-refractivity contribution is 0.458. The van der Waals surface area contributed by atoms with E-state index in [0.29, 0.717) is 5.92 Å². The molecule has 5 nitrogen and oxygen atoms in total. The molecule has 0 atom stereocenters. The number of hydrogen-bond acceptors (Lipinski definition) is 3. The molecule has 6 heteroatoms. The average molecular weight is 312 g/mol. The van der Waals surface area contributed by atoms with Crippen molar-refractivity contribution in [2.75, 3.05) is 0 Å². The van der Waals surface area contributed by atoms with Gasteiger partial charge in [-0.15, -0.1) is 12.4 Å². The standard InChI is InChI=1S/C15H25N5.ClH/c1-4-9-19-14(5-7-17-19)10-16-11-15-6-8-18-20(15)12-13(2)3;/h5-8,13,16H,4,9-12H2,1-3H3;1H. The first-order valence-electron chi connectivity index (χ1n) is 7.42. The summed E-state index contributed by atoms with van der Waals surface area (Å²) in [5.41, 5.74) is 2.47. The Morgan fingerprint density at radius 1 is 1.05 bits per heavy atom.